The molecule has 0 saturated heterocycles. The second kappa shape index (κ2) is 5.21. The monoisotopic (exact) mass is 278 g/mol. The van der Waals surface area contributed by atoms with E-state index in [0.717, 1.165) is 18.1 Å². The van der Waals surface area contributed by atoms with Crippen molar-refractivity contribution < 1.29 is 9.63 Å². The Balaban J connectivity index is 1.56. The molecular weight excluding hydrogens is 264 g/mol. The zero-order valence-corrected chi connectivity index (χ0v) is 11.2. The lowest BCUT2D eigenvalue weighted by Gasteiger charge is -2.10. The molecule has 2 unspecified atom stereocenters. The summed E-state index contributed by atoms with van der Waals surface area (Å²) < 4.78 is 0. The van der Waals surface area contributed by atoms with Gasteiger partial charge in [-0.25, -0.2) is 4.79 Å². The molecule has 1 aromatic rings. The van der Waals surface area contributed by atoms with Crippen molar-refractivity contribution in [2.24, 2.45) is 17.0 Å². The number of anilines is 1. The molecule has 2 aliphatic carbocycles. The second-order valence-corrected chi connectivity index (χ2v) is 5.61. The normalized spacial score (nSPS) is 26.7. The molecule has 19 heavy (non-hydrogen) atoms. The lowest BCUT2D eigenvalue weighted by Crippen LogP contribution is -2.15. The number of nitrogens with zero attached hydrogens (tertiary/aromatic N) is 1. The number of carbonyl (C=O) groups excluding carboxylic acids is 1. The van der Waals surface area contributed by atoms with Crippen LogP contribution in [0.2, 0.25) is 5.02 Å². The molecule has 3 rings (SSSR count). The number of carbonyl (C=O) groups is 1. The summed E-state index contributed by atoms with van der Waals surface area (Å²) in [4.78, 5) is 16.5. The number of hydrogen-bond acceptors (Lipinski definition) is 3. The highest BCUT2D eigenvalue weighted by atomic mass is 35.5. The van der Waals surface area contributed by atoms with Gasteiger partial charge in [-0.1, -0.05) is 22.8 Å². The van der Waals surface area contributed by atoms with Gasteiger partial charge in [-0.3, -0.25) is 10.2 Å². The van der Waals surface area contributed by atoms with Gasteiger partial charge in [-0.2, -0.15) is 0 Å². The van der Waals surface area contributed by atoms with Crippen molar-refractivity contribution in [1.29, 1.82) is 0 Å². The summed E-state index contributed by atoms with van der Waals surface area (Å²) in [7, 11) is 0. The minimum atomic E-state index is -0.572. The number of nitrogens with one attached hydrogen (secondary N) is 1. The maximum absolute atomic E-state index is 11.6. The van der Waals surface area contributed by atoms with Crippen molar-refractivity contribution in [3.63, 3.8) is 0 Å². The predicted octanol–water partition coefficient (Wildman–Crippen LogP) is 4.06. The number of amides is 1. The molecule has 2 aliphatic rings. The molecule has 2 bridgehead atoms. The average Bonchev–Trinajstić information content (AvgIpc) is 2.98. The molecule has 1 amide bonds. The molecular formula is C14H15ClN2O2. The predicted molar refractivity (Wildman–Crippen MR) is 74.4 cm³/mol. The molecule has 100 valence electrons. The Morgan fingerprint density at radius 3 is 3.00 bits per heavy atom. The van der Waals surface area contributed by atoms with Crippen LogP contribution in [0.1, 0.15) is 25.7 Å². The Hall–Kier alpha value is -1.55. The highest BCUT2D eigenvalue weighted by Gasteiger charge is 2.37. The van der Waals surface area contributed by atoms with Crippen LogP contribution in [0.3, 0.4) is 0 Å². The topological polar surface area (TPSA) is 50.7 Å². The Morgan fingerprint density at radius 1 is 1.42 bits per heavy atom. The Labute approximate surface area is 116 Å². The first kappa shape index (κ1) is 12.5. The number of halogens is 1. The van der Waals surface area contributed by atoms with Crippen LogP contribution >= 0.6 is 11.6 Å². The first-order valence-electron chi connectivity index (χ1n) is 6.51. The second-order valence-electron chi connectivity index (χ2n) is 5.18. The van der Waals surface area contributed by atoms with Crippen molar-refractivity contribution in [3.05, 3.63) is 29.3 Å². The van der Waals surface area contributed by atoms with Gasteiger partial charge in [0.1, 0.15) is 0 Å². The van der Waals surface area contributed by atoms with E-state index in [4.69, 9.17) is 16.4 Å². The van der Waals surface area contributed by atoms with E-state index in [9.17, 15) is 4.79 Å². The SMILES string of the molecule is O=C(Nc1cccc(Cl)c1)O/N=C1\CC2CCC1C2. The molecule has 2 saturated carbocycles. The third-order valence-electron chi connectivity index (χ3n) is 3.83. The van der Waals surface area contributed by atoms with E-state index in [1.165, 1.54) is 19.3 Å². The zero-order valence-electron chi connectivity index (χ0n) is 10.4. The molecule has 1 aromatic carbocycles. The average molecular weight is 279 g/mol. The highest BCUT2D eigenvalue weighted by Crippen LogP contribution is 2.42. The van der Waals surface area contributed by atoms with Crippen LogP contribution < -0.4 is 5.32 Å². The van der Waals surface area contributed by atoms with Crippen molar-refractivity contribution >= 4 is 29.1 Å². The molecule has 4 nitrogen and oxygen atoms in total. The first-order valence-corrected chi connectivity index (χ1v) is 6.89. The van der Waals surface area contributed by atoms with E-state index in [-0.39, 0.29) is 0 Å². The smallest absolute Gasteiger partial charge is 0.298 e. The van der Waals surface area contributed by atoms with Gasteiger partial charge in [-0.15, -0.1) is 0 Å². The van der Waals surface area contributed by atoms with Crippen LogP contribution in [0.4, 0.5) is 10.5 Å². The molecule has 5 heteroatoms. The van der Waals surface area contributed by atoms with Crippen molar-refractivity contribution in [1.82, 2.24) is 0 Å². The fourth-order valence-corrected chi connectivity index (χ4v) is 3.13. The molecule has 1 N–H and O–H groups in total. The van der Waals surface area contributed by atoms with Crippen LogP contribution in [0.5, 0.6) is 0 Å². The van der Waals surface area contributed by atoms with Crippen molar-refractivity contribution in [3.8, 4) is 0 Å². The van der Waals surface area contributed by atoms with Gasteiger partial charge in [0.2, 0.25) is 0 Å². The van der Waals surface area contributed by atoms with Gasteiger partial charge < -0.3 is 0 Å². The van der Waals surface area contributed by atoms with E-state index in [0.29, 0.717) is 16.6 Å². The largest absolute Gasteiger partial charge is 0.437 e. The van der Waals surface area contributed by atoms with E-state index >= 15 is 0 Å². The van der Waals surface area contributed by atoms with Gasteiger partial charge in [0.05, 0.1) is 5.71 Å². The molecule has 0 spiro atoms. The summed E-state index contributed by atoms with van der Waals surface area (Å²) in [5, 5.41) is 7.16. The van der Waals surface area contributed by atoms with Gasteiger partial charge in [0.25, 0.3) is 0 Å². The maximum atomic E-state index is 11.6. The van der Waals surface area contributed by atoms with Crippen molar-refractivity contribution in [2.75, 3.05) is 5.32 Å². The van der Waals surface area contributed by atoms with E-state index in [1.54, 1.807) is 24.3 Å². The van der Waals surface area contributed by atoms with Crippen LogP contribution in [0.25, 0.3) is 0 Å². The molecule has 0 aliphatic heterocycles. The third kappa shape index (κ3) is 2.89. The Bertz CT molecular complexity index is 530. The molecule has 0 aromatic heterocycles. The molecule has 2 atom stereocenters. The number of fused-ring (bicyclic) bond motifs is 2. The zero-order chi connectivity index (χ0) is 13.2. The Kier molecular flexibility index (Phi) is 3.42. The maximum Gasteiger partial charge on any atom is 0.437 e. The number of oxime groups is 1. The van der Waals surface area contributed by atoms with Gasteiger partial charge >= 0.3 is 6.09 Å². The lowest BCUT2D eigenvalue weighted by molar-refractivity contribution is 0.165. The minimum absolute atomic E-state index is 0.531. The molecule has 0 heterocycles. The van der Waals surface area contributed by atoms with Crippen molar-refractivity contribution in [2.45, 2.75) is 25.7 Å². The fraction of sp³-hybridized carbons (Fsp3) is 0.429. The number of rotatable bonds is 2. The summed E-state index contributed by atoms with van der Waals surface area (Å²) >= 11 is 5.83. The van der Waals surface area contributed by atoms with E-state index in [2.05, 4.69) is 10.5 Å². The molecule has 2 fully saturated rings. The lowest BCUT2D eigenvalue weighted by atomic mass is 9.99. The number of hydrogen-bond donors (Lipinski definition) is 1. The Morgan fingerprint density at radius 2 is 2.32 bits per heavy atom. The van der Waals surface area contributed by atoms with E-state index in [1.807, 2.05) is 0 Å². The number of benzene rings is 1. The summed E-state index contributed by atoms with van der Waals surface area (Å²) in [5.41, 5.74) is 1.64. The van der Waals surface area contributed by atoms with Crippen LogP contribution in [0.15, 0.2) is 29.4 Å². The third-order valence-corrected chi connectivity index (χ3v) is 4.06. The first-order chi connectivity index (χ1) is 9.20. The fourth-order valence-electron chi connectivity index (χ4n) is 2.94. The summed E-state index contributed by atoms with van der Waals surface area (Å²) in [6.45, 7) is 0. The summed E-state index contributed by atoms with van der Waals surface area (Å²) in [6.07, 6.45) is 4.09. The quantitative estimate of drug-likeness (QED) is 0.655. The van der Waals surface area contributed by atoms with Crippen LogP contribution in [-0.2, 0) is 4.84 Å². The van der Waals surface area contributed by atoms with Crippen LogP contribution in [-0.4, -0.2) is 11.8 Å². The minimum Gasteiger partial charge on any atom is -0.298 e. The summed E-state index contributed by atoms with van der Waals surface area (Å²) in [6, 6.07) is 6.92. The molecule has 0 radical (unpaired) electrons. The van der Waals surface area contributed by atoms with E-state index < -0.39 is 6.09 Å². The highest BCUT2D eigenvalue weighted by molar-refractivity contribution is 6.30. The van der Waals surface area contributed by atoms with Gasteiger partial charge in [0, 0.05) is 16.6 Å². The van der Waals surface area contributed by atoms with Crippen LogP contribution in [0, 0.1) is 11.8 Å². The van der Waals surface area contributed by atoms with Gasteiger partial charge in [0.15, 0.2) is 0 Å². The van der Waals surface area contributed by atoms with Gasteiger partial charge in [-0.05, 0) is 49.8 Å². The summed E-state index contributed by atoms with van der Waals surface area (Å²) in [5.74, 6) is 1.28. The standard InChI is InChI=1S/C14H15ClN2O2/c15-11-2-1-3-12(8-11)16-14(18)19-17-13-7-9-4-5-10(13)6-9/h1-3,8-10H,4-7H2,(H,16,18)/b17-13+.